The van der Waals surface area contributed by atoms with Gasteiger partial charge in [-0.2, -0.15) is 0 Å². The number of pyridine rings is 1. The van der Waals surface area contributed by atoms with Crippen molar-refractivity contribution in [1.29, 1.82) is 0 Å². The molecule has 3 unspecified atom stereocenters. The van der Waals surface area contributed by atoms with Gasteiger partial charge in [-0.15, -0.1) is 23.4 Å². The van der Waals surface area contributed by atoms with Crippen LogP contribution in [0, 0.1) is 5.92 Å². The number of hydrogen-bond donors (Lipinski definition) is 0. The lowest BCUT2D eigenvalue weighted by Gasteiger charge is -2.30. The van der Waals surface area contributed by atoms with Gasteiger partial charge in [-0.25, -0.2) is 4.98 Å². The Kier molecular flexibility index (Phi) is 5.51. The molecular formula is C24H31ClN2O2S. The van der Waals surface area contributed by atoms with Crippen molar-refractivity contribution in [2.45, 2.75) is 98.0 Å². The van der Waals surface area contributed by atoms with Crippen LogP contribution in [0.1, 0.15) is 69.4 Å². The number of rotatable bonds is 5. The van der Waals surface area contributed by atoms with E-state index in [-0.39, 0.29) is 6.10 Å². The molecule has 1 saturated heterocycles. The molecule has 6 aliphatic rings. The van der Waals surface area contributed by atoms with E-state index in [2.05, 4.69) is 34.7 Å². The molecule has 3 saturated carbocycles. The van der Waals surface area contributed by atoms with Crippen LogP contribution in [-0.2, 0) is 16.0 Å². The summed E-state index contributed by atoms with van der Waals surface area (Å²) in [7, 11) is 0. The number of halogens is 1. The van der Waals surface area contributed by atoms with Gasteiger partial charge >= 0.3 is 0 Å². The van der Waals surface area contributed by atoms with E-state index in [0.29, 0.717) is 29.4 Å². The highest BCUT2D eigenvalue weighted by atomic mass is 35.5. The third-order valence-electron chi connectivity index (χ3n) is 7.47. The lowest BCUT2D eigenvalue weighted by atomic mass is 9.83. The topological polar surface area (TPSA) is 36.3 Å². The van der Waals surface area contributed by atoms with Gasteiger partial charge in [-0.1, -0.05) is 0 Å². The van der Waals surface area contributed by atoms with E-state index < -0.39 is 0 Å². The lowest BCUT2D eigenvalue weighted by Crippen LogP contribution is -2.30. The maximum atomic E-state index is 6.39. The van der Waals surface area contributed by atoms with Crippen molar-refractivity contribution in [3.8, 4) is 11.4 Å². The molecule has 3 aliphatic carbocycles. The lowest BCUT2D eigenvalue weighted by molar-refractivity contribution is 0.0393. The molecule has 3 atom stereocenters. The predicted molar refractivity (Wildman–Crippen MR) is 121 cm³/mol. The highest BCUT2D eigenvalue weighted by Crippen LogP contribution is 2.48. The second-order valence-electron chi connectivity index (χ2n) is 9.70. The molecule has 0 amide bonds. The standard InChI is InChI=1S/C24H31ClN2O2S/c25-17-6-8-18(9-7-17)30-23-19-2-1-11-27(13-15-3-4-15)24(19)26-22(23)16-5-10-20-21(12-16)29-14-28-20/h1-2,11,15-18,20-21H,3-10,12-14H2. The van der Waals surface area contributed by atoms with Crippen LogP contribution in [0.25, 0.3) is 11.4 Å². The van der Waals surface area contributed by atoms with E-state index in [1.807, 2.05) is 0 Å². The van der Waals surface area contributed by atoms with Gasteiger partial charge in [0.25, 0.3) is 0 Å². The van der Waals surface area contributed by atoms with Crippen molar-refractivity contribution in [3.05, 3.63) is 24.0 Å². The summed E-state index contributed by atoms with van der Waals surface area (Å²) in [6.07, 6.45) is 13.5. The second-order valence-corrected chi connectivity index (χ2v) is 11.6. The average Bonchev–Trinajstić information content (AvgIpc) is 3.32. The van der Waals surface area contributed by atoms with Crippen molar-refractivity contribution in [1.82, 2.24) is 9.55 Å². The zero-order valence-corrected chi connectivity index (χ0v) is 19.0. The Hall–Kier alpha value is -0.750. The van der Waals surface area contributed by atoms with E-state index in [1.54, 1.807) is 0 Å². The summed E-state index contributed by atoms with van der Waals surface area (Å²) in [5.74, 6) is 2.51. The van der Waals surface area contributed by atoms with Crippen LogP contribution < -0.4 is 0 Å². The number of fused-ring (bicyclic) bond motifs is 2. The third kappa shape index (κ3) is 3.92. The Balaban J connectivity index is 1.34. The summed E-state index contributed by atoms with van der Waals surface area (Å²) in [5.41, 5.74) is 2.68. The first-order valence-corrected chi connectivity index (χ1v) is 13.1. The van der Waals surface area contributed by atoms with Crippen LogP contribution in [0.4, 0.5) is 0 Å². The second kappa shape index (κ2) is 8.31. The third-order valence-corrected chi connectivity index (χ3v) is 9.37. The quantitative estimate of drug-likeness (QED) is 0.524. The Labute approximate surface area is 188 Å². The number of thioether (sulfide) groups is 1. The minimum atomic E-state index is 0.242. The summed E-state index contributed by atoms with van der Waals surface area (Å²) in [5, 5.41) is 1.02. The maximum Gasteiger partial charge on any atom is 0.147 e. The molecule has 6 rings (SSSR count). The van der Waals surface area contributed by atoms with Gasteiger partial charge < -0.3 is 14.0 Å². The fourth-order valence-electron chi connectivity index (χ4n) is 5.51. The molecule has 0 aromatic rings. The molecule has 0 N–H and O–H groups in total. The SMILES string of the molecule is ClC1CCC(Sc2c3cccn(CC4CC4)c-3nc2C2CCC3OCOC3C2)CC1. The van der Waals surface area contributed by atoms with Crippen molar-refractivity contribution < 1.29 is 9.47 Å². The first-order valence-electron chi connectivity index (χ1n) is 11.8. The van der Waals surface area contributed by atoms with Crippen LogP contribution in [-0.4, -0.2) is 39.2 Å². The molecule has 30 heavy (non-hydrogen) atoms. The summed E-state index contributed by atoms with van der Waals surface area (Å²) in [6, 6.07) is 4.52. The highest BCUT2D eigenvalue weighted by Gasteiger charge is 2.39. The number of ether oxygens (including phenoxy) is 2. The predicted octanol–water partition coefficient (Wildman–Crippen LogP) is 6.05. The van der Waals surface area contributed by atoms with Crippen molar-refractivity contribution >= 4 is 23.4 Å². The van der Waals surface area contributed by atoms with Gasteiger partial charge in [-0.3, -0.25) is 0 Å². The monoisotopic (exact) mass is 446 g/mol. The van der Waals surface area contributed by atoms with Gasteiger partial charge in [0.05, 0.1) is 17.9 Å². The molecule has 4 fully saturated rings. The Morgan fingerprint density at radius 3 is 2.70 bits per heavy atom. The fraction of sp³-hybridized carbons (Fsp3) is 0.708. The van der Waals surface area contributed by atoms with Crippen molar-refractivity contribution in [3.63, 3.8) is 0 Å². The molecule has 0 spiro atoms. The molecule has 0 bridgehead atoms. The number of alkyl halides is 1. The van der Waals surface area contributed by atoms with Crippen molar-refractivity contribution in [2.75, 3.05) is 6.79 Å². The van der Waals surface area contributed by atoms with Crippen LogP contribution in [0.2, 0.25) is 0 Å². The largest absolute Gasteiger partial charge is 0.349 e. The van der Waals surface area contributed by atoms with Gasteiger partial charge in [0, 0.05) is 39.7 Å². The zero-order chi connectivity index (χ0) is 20.1. The van der Waals surface area contributed by atoms with Gasteiger partial charge in [0.1, 0.15) is 12.6 Å². The Morgan fingerprint density at radius 1 is 1.03 bits per heavy atom. The average molecular weight is 447 g/mol. The normalized spacial score (nSPS) is 34.4. The number of aromatic nitrogens is 2. The first kappa shape index (κ1) is 19.9. The van der Waals surface area contributed by atoms with Crippen LogP contribution in [0.15, 0.2) is 23.2 Å². The number of hydrogen-bond acceptors (Lipinski definition) is 4. The summed E-state index contributed by atoms with van der Waals surface area (Å²) < 4.78 is 14.1. The summed E-state index contributed by atoms with van der Waals surface area (Å²) in [4.78, 5) is 6.77. The maximum absolute atomic E-state index is 6.39. The number of nitrogens with zero attached hydrogens (tertiary/aromatic N) is 2. The minimum Gasteiger partial charge on any atom is -0.349 e. The van der Waals surface area contributed by atoms with Gasteiger partial charge in [-0.05, 0) is 75.8 Å². The smallest absolute Gasteiger partial charge is 0.147 e. The minimum absolute atomic E-state index is 0.242. The fourth-order valence-corrected chi connectivity index (χ4v) is 7.22. The molecule has 3 heterocycles. The Bertz CT molecular complexity index is 861. The van der Waals surface area contributed by atoms with Crippen LogP contribution in [0.5, 0.6) is 0 Å². The molecule has 4 nitrogen and oxygen atoms in total. The van der Waals surface area contributed by atoms with Gasteiger partial charge in [0.2, 0.25) is 0 Å². The molecular weight excluding hydrogens is 416 g/mol. The molecule has 162 valence electrons. The summed E-state index contributed by atoms with van der Waals surface area (Å²) in [6.45, 7) is 1.57. The van der Waals surface area contributed by atoms with E-state index in [0.717, 1.165) is 44.6 Å². The molecule has 0 radical (unpaired) electrons. The van der Waals surface area contributed by atoms with Crippen LogP contribution in [0.3, 0.4) is 0 Å². The van der Waals surface area contributed by atoms with Crippen LogP contribution >= 0.6 is 23.4 Å². The van der Waals surface area contributed by atoms with Crippen molar-refractivity contribution in [2.24, 2.45) is 5.92 Å². The summed E-state index contributed by atoms with van der Waals surface area (Å²) >= 11 is 8.47. The van der Waals surface area contributed by atoms with E-state index in [1.165, 1.54) is 47.7 Å². The van der Waals surface area contributed by atoms with E-state index in [9.17, 15) is 0 Å². The molecule has 6 heteroatoms. The molecule has 0 aromatic carbocycles. The first-order chi connectivity index (χ1) is 14.7. The van der Waals surface area contributed by atoms with Gasteiger partial charge in [0.15, 0.2) is 0 Å². The molecule has 0 aromatic heterocycles. The van der Waals surface area contributed by atoms with E-state index >= 15 is 0 Å². The zero-order valence-electron chi connectivity index (χ0n) is 17.5. The highest BCUT2D eigenvalue weighted by molar-refractivity contribution is 8.00. The Morgan fingerprint density at radius 2 is 1.87 bits per heavy atom. The molecule has 3 aliphatic heterocycles. The van der Waals surface area contributed by atoms with E-state index in [4.69, 9.17) is 26.1 Å².